The molecule has 0 fully saturated rings. The molecular formula is C24H23ClN2O4. The number of halogens is 1. The second-order valence-electron chi connectivity index (χ2n) is 6.92. The van der Waals surface area contributed by atoms with Gasteiger partial charge in [0.25, 0.3) is 0 Å². The van der Waals surface area contributed by atoms with Gasteiger partial charge in [0.05, 0.1) is 39.5 Å². The van der Waals surface area contributed by atoms with Crippen LogP contribution in [0.5, 0.6) is 23.0 Å². The molecule has 4 aromatic rings. The molecule has 0 N–H and O–H groups in total. The van der Waals surface area contributed by atoms with Gasteiger partial charge in [0.1, 0.15) is 11.6 Å². The zero-order valence-electron chi connectivity index (χ0n) is 17.8. The van der Waals surface area contributed by atoms with Crippen molar-refractivity contribution in [2.75, 3.05) is 28.4 Å². The van der Waals surface area contributed by atoms with Gasteiger partial charge in [-0.3, -0.25) is 0 Å². The maximum Gasteiger partial charge on any atom is 0.203 e. The minimum atomic E-state index is 0.535. The van der Waals surface area contributed by atoms with Crippen molar-refractivity contribution in [3.8, 4) is 34.4 Å². The fourth-order valence-electron chi connectivity index (χ4n) is 3.65. The predicted molar refractivity (Wildman–Crippen MR) is 122 cm³/mol. The Balaban J connectivity index is 1.94. The maximum absolute atomic E-state index is 6.22. The summed E-state index contributed by atoms with van der Waals surface area (Å²) in [7, 11) is 6.42. The summed E-state index contributed by atoms with van der Waals surface area (Å²) in [6.07, 6.45) is 0. The molecule has 0 aliphatic carbocycles. The third kappa shape index (κ3) is 3.99. The van der Waals surface area contributed by atoms with E-state index in [-0.39, 0.29) is 0 Å². The Bertz CT molecular complexity index is 1210. The van der Waals surface area contributed by atoms with Gasteiger partial charge in [-0.05, 0) is 42.0 Å². The first-order chi connectivity index (χ1) is 15.1. The molecule has 0 atom stereocenters. The minimum Gasteiger partial charge on any atom is -0.497 e. The van der Waals surface area contributed by atoms with Gasteiger partial charge in [0, 0.05) is 23.2 Å². The van der Waals surface area contributed by atoms with Gasteiger partial charge >= 0.3 is 0 Å². The Hall–Kier alpha value is -3.38. The first kappa shape index (κ1) is 20.9. The van der Waals surface area contributed by atoms with E-state index < -0.39 is 0 Å². The summed E-state index contributed by atoms with van der Waals surface area (Å²) < 4.78 is 24.1. The number of ether oxygens (including phenoxy) is 4. The molecule has 0 saturated carbocycles. The topological polar surface area (TPSA) is 54.7 Å². The second-order valence-corrected chi connectivity index (χ2v) is 7.36. The molecular weight excluding hydrogens is 416 g/mol. The zero-order chi connectivity index (χ0) is 22.0. The molecule has 6 nitrogen and oxygen atoms in total. The van der Waals surface area contributed by atoms with Crippen molar-refractivity contribution in [2.24, 2.45) is 0 Å². The summed E-state index contributed by atoms with van der Waals surface area (Å²) in [5.74, 6) is 3.18. The van der Waals surface area contributed by atoms with E-state index in [1.54, 1.807) is 28.4 Å². The molecule has 1 aromatic heterocycles. The number of imidazole rings is 1. The van der Waals surface area contributed by atoms with Crippen LogP contribution < -0.4 is 18.9 Å². The molecule has 0 radical (unpaired) electrons. The molecule has 0 spiro atoms. The van der Waals surface area contributed by atoms with Crippen LogP contribution in [0.15, 0.2) is 54.6 Å². The van der Waals surface area contributed by atoms with Crippen LogP contribution in [-0.4, -0.2) is 38.0 Å². The average Bonchev–Trinajstić information content (AvgIpc) is 3.15. The Morgan fingerprint density at radius 2 is 1.58 bits per heavy atom. The summed E-state index contributed by atoms with van der Waals surface area (Å²) in [5.41, 5.74) is 3.71. The van der Waals surface area contributed by atoms with Crippen LogP contribution in [0.1, 0.15) is 5.56 Å². The van der Waals surface area contributed by atoms with Crippen LogP contribution >= 0.6 is 11.6 Å². The molecule has 3 aromatic carbocycles. The van der Waals surface area contributed by atoms with E-state index in [4.69, 9.17) is 35.5 Å². The van der Waals surface area contributed by atoms with Crippen molar-refractivity contribution in [3.63, 3.8) is 0 Å². The van der Waals surface area contributed by atoms with E-state index in [1.807, 2.05) is 54.6 Å². The number of rotatable bonds is 7. The largest absolute Gasteiger partial charge is 0.497 e. The van der Waals surface area contributed by atoms with Crippen molar-refractivity contribution in [1.82, 2.24) is 9.55 Å². The molecule has 0 saturated heterocycles. The van der Waals surface area contributed by atoms with Crippen molar-refractivity contribution in [1.29, 1.82) is 0 Å². The summed E-state index contributed by atoms with van der Waals surface area (Å²) in [6.45, 7) is 0.593. The van der Waals surface area contributed by atoms with E-state index >= 15 is 0 Å². The number of hydrogen-bond donors (Lipinski definition) is 0. The summed E-state index contributed by atoms with van der Waals surface area (Å²) in [5, 5.41) is 0.693. The lowest BCUT2D eigenvalue weighted by molar-refractivity contribution is 0.324. The van der Waals surface area contributed by atoms with E-state index in [9.17, 15) is 0 Å². The van der Waals surface area contributed by atoms with Crippen LogP contribution in [0.3, 0.4) is 0 Å². The summed E-state index contributed by atoms with van der Waals surface area (Å²) >= 11 is 6.22. The lowest BCUT2D eigenvalue weighted by Gasteiger charge is -2.15. The van der Waals surface area contributed by atoms with Gasteiger partial charge < -0.3 is 23.5 Å². The molecule has 4 rings (SSSR count). The average molecular weight is 439 g/mol. The highest BCUT2D eigenvalue weighted by atomic mass is 35.5. The Labute approximate surface area is 185 Å². The van der Waals surface area contributed by atoms with Crippen LogP contribution in [0.25, 0.3) is 22.4 Å². The van der Waals surface area contributed by atoms with Gasteiger partial charge in [-0.15, -0.1) is 0 Å². The first-order valence-corrected chi connectivity index (χ1v) is 10.0. The van der Waals surface area contributed by atoms with Crippen molar-refractivity contribution < 1.29 is 18.9 Å². The number of fused-ring (bicyclic) bond motifs is 1. The van der Waals surface area contributed by atoms with Crippen LogP contribution in [0.2, 0.25) is 5.02 Å². The second kappa shape index (κ2) is 8.78. The molecule has 0 unspecified atom stereocenters. The summed E-state index contributed by atoms with van der Waals surface area (Å²) in [4.78, 5) is 4.91. The van der Waals surface area contributed by atoms with Crippen LogP contribution in [-0.2, 0) is 6.54 Å². The zero-order valence-corrected chi connectivity index (χ0v) is 18.6. The SMILES string of the molecule is COc1ccc2c(c1)nc(-c1cc(OC)c(OC)c(OC)c1)n2Cc1cccc(Cl)c1. The van der Waals surface area contributed by atoms with Gasteiger partial charge in [-0.1, -0.05) is 23.7 Å². The van der Waals surface area contributed by atoms with Crippen molar-refractivity contribution >= 4 is 22.6 Å². The Morgan fingerprint density at radius 1 is 0.839 bits per heavy atom. The number of aromatic nitrogens is 2. The fourth-order valence-corrected chi connectivity index (χ4v) is 3.86. The molecule has 0 aliphatic rings. The van der Waals surface area contributed by atoms with E-state index in [2.05, 4.69) is 4.57 Å². The first-order valence-electron chi connectivity index (χ1n) is 9.67. The quantitative estimate of drug-likeness (QED) is 0.384. The van der Waals surface area contributed by atoms with E-state index in [0.717, 1.165) is 33.7 Å². The number of methoxy groups -OCH3 is 4. The number of benzene rings is 3. The maximum atomic E-state index is 6.22. The molecule has 7 heteroatoms. The number of nitrogens with zero attached hydrogens (tertiary/aromatic N) is 2. The standard InChI is InChI=1S/C24H23ClN2O4/c1-28-18-8-9-20-19(13-18)26-24(27(20)14-15-6-5-7-17(25)10-15)16-11-21(29-2)23(31-4)22(12-16)30-3/h5-13H,14H2,1-4H3. The van der Waals surface area contributed by atoms with Crippen molar-refractivity contribution in [2.45, 2.75) is 6.54 Å². The van der Waals surface area contributed by atoms with E-state index in [1.165, 1.54) is 0 Å². The van der Waals surface area contributed by atoms with Crippen LogP contribution in [0.4, 0.5) is 0 Å². The lowest BCUT2D eigenvalue weighted by atomic mass is 10.1. The predicted octanol–water partition coefficient (Wildman–Crippen LogP) is 5.44. The minimum absolute atomic E-state index is 0.535. The molecule has 160 valence electrons. The molecule has 0 amide bonds. The van der Waals surface area contributed by atoms with Gasteiger partial charge in [0.15, 0.2) is 11.5 Å². The fraction of sp³-hybridized carbons (Fsp3) is 0.208. The normalized spacial score (nSPS) is 10.9. The summed E-state index contributed by atoms with van der Waals surface area (Å²) in [6, 6.07) is 17.5. The lowest BCUT2D eigenvalue weighted by Crippen LogP contribution is -2.03. The molecule has 0 bridgehead atoms. The van der Waals surface area contributed by atoms with Crippen molar-refractivity contribution in [3.05, 3.63) is 65.2 Å². The molecule has 0 aliphatic heterocycles. The highest BCUT2D eigenvalue weighted by molar-refractivity contribution is 6.30. The molecule has 1 heterocycles. The molecule has 31 heavy (non-hydrogen) atoms. The smallest absolute Gasteiger partial charge is 0.203 e. The van der Waals surface area contributed by atoms with Gasteiger partial charge in [-0.25, -0.2) is 4.98 Å². The Morgan fingerprint density at radius 3 is 2.19 bits per heavy atom. The highest BCUT2D eigenvalue weighted by Crippen LogP contribution is 2.41. The third-order valence-electron chi connectivity index (χ3n) is 5.11. The Kier molecular flexibility index (Phi) is 5.91. The van der Waals surface area contributed by atoms with Crippen LogP contribution in [0, 0.1) is 0 Å². The highest BCUT2D eigenvalue weighted by Gasteiger charge is 2.19. The monoisotopic (exact) mass is 438 g/mol. The van der Waals surface area contributed by atoms with Gasteiger partial charge in [0.2, 0.25) is 5.75 Å². The number of hydrogen-bond acceptors (Lipinski definition) is 5. The van der Waals surface area contributed by atoms with Gasteiger partial charge in [-0.2, -0.15) is 0 Å². The van der Waals surface area contributed by atoms with E-state index in [0.29, 0.717) is 28.8 Å². The third-order valence-corrected chi connectivity index (χ3v) is 5.34.